The molecule has 0 aromatic heterocycles. The molecule has 1 unspecified atom stereocenters. The van der Waals surface area contributed by atoms with E-state index in [4.69, 9.17) is 5.11 Å². The molecule has 1 saturated heterocycles. The average Bonchev–Trinajstić information content (AvgIpc) is 2.93. The number of anilines is 1. The van der Waals surface area contributed by atoms with Crippen LogP contribution in [0.3, 0.4) is 0 Å². The lowest BCUT2D eigenvalue weighted by Crippen LogP contribution is -2.41. The van der Waals surface area contributed by atoms with Gasteiger partial charge in [0.05, 0.1) is 6.04 Å². The lowest BCUT2D eigenvalue weighted by atomic mass is 10.2. The average molecular weight is 254 g/mol. The van der Waals surface area contributed by atoms with Crippen LogP contribution in [0.5, 0.6) is 0 Å². The van der Waals surface area contributed by atoms with Crippen LogP contribution in [0.4, 0.5) is 10.1 Å². The van der Waals surface area contributed by atoms with Gasteiger partial charge in [0.2, 0.25) is 5.91 Å². The van der Waals surface area contributed by atoms with Gasteiger partial charge in [0.15, 0.2) is 0 Å². The normalized spacial score (nSPS) is 17.9. The van der Waals surface area contributed by atoms with E-state index >= 15 is 0 Å². The van der Waals surface area contributed by atoms with Gasteiger partial charge in [-0.05, 0) is 37.6 Å². The molecule has 4 nitrogen and oxygen atoms in total. The number of likely N-dealkylation sites (N-methyl/N-ethyl adjacent to an activating group) is 1. The lowest BCUT2D eigenvalue weighted by Gasteiger charge is -2.21. The molecule has 1 aromatic rings. The molecule has 1 aromatic carbocycles. The summed E-state index contributed by atoms with van der Waals surface area (Å²) in [5.41, 5.74) is 0.596. The Labute approximate surface area is 106 Å². The van der Waals surface area contributed by atoms with E-state index < -0.39 is 0 Å². The van der Waals surface area contributed by atoms with Crippen molar-refractivity contribution in [1.82, 2.24) is 5.32 Å². The SMILES string of the molecule is CN(C(=O)C1CCCN1)c1cccc(F)c1.CO. The number of halogens is 1. The van der Waals surface area contributed by atoms with Gasteiger partial charge >= 0.3 is 0 Å². The molecule has 1 amide bonds. The van der Waals surface area contributed by atoms with Crippen LogP contribution in [-0.4, -0.2) is 37.8 Å². The second kappa shape index (κ2) is 7.08. The van der Waals surface area contributed by atoms with Gasteiger partial charge < -0.3 is 15.3 Å². The Kier molecular flexibility index (Phi) is 5.74. The highest BCUT2D eigenvalue weighted by Crippen LogP contribution is 2.17. The summed E-state index contributed by atoms with van der Waals surface area (Å²) in [7, 11) is 2.68. The fraction of sp³-hybridized carbons (Fsp3) is 0.462. The number of hydrogen-bond acceptors (Lipinski definition) is 3. The van der Waals surface area contributed by atoms with Gasteiger partial charge in [0.1, 0.15) is 5.82 Å². The van der Waals surface area contributed by atoms with Crippen molar-refractivity contribution in [1.29, 1.82) is 0 Å². The first-order valence-electron chi connectivity index (χ1n) is 5.90. The van der Waals surface area contributed by atoms with Crippen LogP contribution in [0.1, 0.15) is 12.8 Å². The number of nitrogens with one attached hydrogen (secondary N) is 1. The summed E-state index contributed by atoms with van der Waals surface area (Å²) >= 11 is 0. The highest BCUT2D eigenvalue weighted by atomic mass is 19.1. The van der Waals surface area contributed by atoms with Gasteiger partial charge in [-0.2, -0.15) is 0 Å². The first-order chi connectivity index (χ1) is 8.68. The molecular weight excluding hydrogens is 235 g/mol. The molecule has 100 valence electrons. The summed E-state index contributed by atoms with van der Waals surface area (Å²) in [5, 5.41) is 10.1. The topological polar surface area (TPSA) is 52.6 Å². The van der Waals surface area contributed by atoms with E-state index in [0.717, 1.165) is 26.5 Å². The van der Waals surface area contributed by atoms with E-state index in [1.165, 1.54) is 17.0 Å². The van der Waals surface area contributed by atoms with Crippen molar-refractivity contribution in [3.05, 3.63) is 30.1 Å². The second-order valence-corrected chi connectivity index (χ2v) is 4.03. The summed E-state index contributed by atoms with van der Waals surface area (Å²) in [4.78, 5) is 13.5. The van der Waals surface area contributed by atoms with Gasteiger partial charge in [0, 0.05) is 19.8 Å². The van der Waals surface area contributed by atoms with Gasteiger partial charge in [-0.1, -0.05) is 6.07 Å². The monoisotopic (exact) mass is 254 g/mol. The number of aliphatic hydroxyl groups is 1. The van der Waals surface area contributed by atoms with Crippen LogP contribution in [0, 0.1) is 5.82 Å². The third-order valence-electron chi connectivity index (χ3n) is 2.88. The van der Waals surface area contributed by atoms with Crippen molar-refractivity contribution in [2.24, 2.45) is 0 Å². The van der Waals surface area contributed by atoms with E-state index in [1.807, 2.05) is 0 Å². The molecule has 1 aliphatic heterocycles. The molecule has 0 aliphatic carbocycles. The predicted molar refractivity (Wildman–Crippen MR) is 69.0 cm³/mol. The minimum atomic E-state index is -0.323. The van der Waals surface area contributed by atoms with Crippen LogP contribution in [-0.2, 0) is 4.79 Å². The Morgan fingerprint density at radius 3 is 2.78 bits per heavy atom. The van der Waals surface area contributed by atoms with Gasteiger partial charge in [-0.3, -0.25) is 4.79 Å². The summed E-state index contributed by atoms with van der Waals surface area (Å²) in [6.07, 6.45) is 1.88. The van der Waals surface area contributed by atoms with Crippen LogP contribution in [0.25, 0.3) is 0 Å². The zero-order valence-electron chi connectivity index (χ0n) is 10.7. The second-order valence-electron chi connectivity index (χ2n) is 4.03. The number of rotatable bonds is 2. The van der Waals surface area contributed by atoms with Crippen molar-refractivity contribution >= 4 is 11.6 Å². The molecule has 1 aliphatic rings. The zero-order valence-corrected chi connectivity index (χ0v) is 10.7. The fourth-order valence-electron chi connectivity index (χ4n) is 1.94. The van der Waals surface area contributed by atoms with Crippen LogP contribution in [0.2, 0.25) is 0 Å². The molecule has 2 N–H and O–H groups in total. The summed E-state index contributed by atoms with van der Waals surface area (Å²) < 4.78 is 13.0. The third-order valence-corrected chi connectivity index (χ3v) is 2.88. The molecule has 1 atom stereocenters. The molecule has 0 radical (unpaired) electrons. The highest BCUT2D eigenvalue weighted by Gasteiger charge is 2.25. The fourth-order valence-corrected chi connectivity index (χ4v) is 1.94. The van der Waals surface area contributed by atoms with Crippen molar-refractivity contribution in [2.45, 2.75) is 18.9 Å². The number of carbonyl (C=O) groups is 1. The summed E-state index contributed by atoms with van der Waals surface area (Å²) in [6, 6.07) is 5.96. The zero-order chi connectivity index (χ0) is 13.5. The number of hydrogen-bond donors (Lipinski definition) is 2. The standard InChI is InChI=1S/C12H15FN2O.CH4O/c1-15(10-5-2-4-9(13)8-10)12(16)11-6-3-7-14-11;1-2/h2,4-5,8,11,14H,3,6-7H2,1H3;2H,1H3. The first-order valence-corrected chi connectivity index (χ1v) is 5.90. The van der Waals surface area contributed by atoms with E-state index in [0.29, 0.717) is 5.69 Å². The van der Waals surface area contributed by atoms with Gasteiger partial charge in [-0.25, -0.2) is 4.39 Å². The molecule has 1 fully saturated rings. The Morgan fingerprint density at radius 2 is 2.22 bits per heavy atom. The van der Waals surface area contributed by atoms with Crippen molar-refractivity contribution in [3.8, 4) is 0 Å². The minimum Gasteiger partial charge on any atom is -0.400 e. The molecule has 1 heterocycles. The number of amides is 1. The Bertz CT molecular complexity index is 392. The van der Waals surface area contributed by atoms with Crippen LogP contribution in [0.15, 0.2) is 24.3 Å². The van der Waals surface area contributed by atoms with Crippen molar-refractivity contribution in [3.63, 3.8) is 0 Å². The quantitative estimate of drug-likeness (QED) is 0.832. The Morgan fingerprint density at radius 1 is 1.50 bits per heavy atom. The van der Waals surface area contributed by atoms with Gasteiger partial charge in [-0.15, -0.1) is 0 Å². The lowest BCUT2D eigenvalue weighted by molar-refractivity contribution is -0.119. The minimum absolute atomic E-state index is 0.00287. The van der Waals surface area contributed by atoms with E-state index in [1.54, 1.807) is 19.2 Å². The van der Waals surface area contributed by atoms with Crippen molar-refractivity contribution in [2.75, 3.05) is 25.6 Å². The molecule has 2 rings (SSSR count). The van der Waals surface area contributed by atoms with E-state index in [9.17, 15) is 9.18 Å². The largest absolute Gasteiger partial charge is 0.400 e. The number of nitrogens with zero attached hydrogens (tertiary/aromatic N) is 1. The molecule has 0 saturated carbocycles. The molecular formula is C13H19FN2O2. The Hall–Kier alpha value is -1.46. The van der Waals surface area contributed by atoms with Crippen molar-refractivity contribution < 1.29 is 14.3 Å². The predicted octanol–water partition coefficient (Wildman–Crippen LogP) is 1.15. The number of carbonyl (C=O) groups excluding carboxylic acids is 1. The molecule has 0 spiro atoms. The van der Waals surface area contributed by atoms with E-state index in [2.05, 4.69) is 5.32 Å². The van der Waals surface area contributed by atoms with Gasteiger partial charge in [0.25, 0.3) is 0 Å². The maximum Gasteiger partial charge on any atom is 0.243 e. The van der Waals surface area contributed by atoms with Crippen LogP contribution >= 0.6 is 0 Å². The van der Waals surface area contributed by atoms with Crippen LogP contribution < -0.4 is 10.2 Å². The molecule has 0 bridgehead atoms. The molecule has 18 heavy (non-hydrogen) atoms. The summed E-state index contributed by atoms with van der Waals surface area (Å²) in [6.45, 7) is 0.882. The van der Waals surface area contributed by atoms with E-state index in [-0.39, 0.29) is 17.8 Å². The highest BCUT2D eigenvalue weighted by molar-refractivity contribution is 5.96. The molecule has 5 heteroatoms. The Balaban J connectivity index is 0.000000771. The first kappa shape index (κ1) is 14.6. The smallest absolute Gasteiger partial charge is 0.243 e. The third kappa shape index (κ3) is 3.51. The maximum atomic E-state index is 13.0. The summed E-state index contributed by atoms with van der Waals surface area (Å²) in [5.74, 6) is -0.320. The number of benzene rings is 1. The number of aliphatic hydroxyl groups excluding tert-OH is 1. The maximum absolute atomic E-state index is 13.0.